The standard InChI is InChI=1S/C40H50BrN3O7/c1-6-8-20-30(46)42-27(5)34(28-18-11-9-12-19-28)50-39(49)31-32-37(47)44(22-13-10-14-23-45)36(40(32)24-29(41)35(31)51-40)38(48)43(21-7-2)33-25(3)16-15-17-26(33)4/h6-7,9,11-12,15-19,27,29,31-32,34-36,45H,1-2,8,10,13-14,20-24H2,3-5H3,(H,42,46)/t27-,29?,31+,32-,34-,35+,36+,40-/m0/s1. The molecule has 3 saturated heterocycles. The minimum absolute atomic E-state index is 0.0300. The predicted molar refractivity (Wildman–Crippen MR) is 199 cm³/mol. The Labute approximate surface area is 309 Å². The highest BCUT2D eigenvalue weighted by Crippen LogP contribution is 2.60. The van der Waals surface area contributed by atoms with E-state index in [-0.39, 0.29) is 48.7 Å². The van der Waals surface area contributed by atoms with E-state index in [1.54, 1.807) is 28.9 Å². The SMILES string of the molecule is C=CCCC(=O)N[C@@H](C)[C@H](OC(=O)[C@H]1[C@@H]2O[C@@]3(CC2Br)[C@@H]1C(=O)N(CCCCCO)[C@@H]3C(=O)N(CC=C)c1c(C)cccc1C)c1ccccc1. The minimum Gasteiger partial charge on any atom is -0.455 e. The van der Waals surface area contributed by atoms with Crippen LogP contribution in [0.3, 0.4) is 0 Å². The van der Waals surface area contributed by atoms with E-state index in [4.69, 9.17) is 9.47 Å². The number of fused-ring (bicyclic) bond motifs is 1. The summed E-state index contributed by atoms with van der Waals surface area (Å²) in [4.78, 5) is 59.8. The summed E-state index contributed by atoms with van der Waals surface area (Å²) in [5.41, 5.74) is 1.99. The molecule has 2 aromatic rings. The molecule has 3 amide bonds. The molecule has 51 heavy (non-hydrogen) atoms. The van der Waals surface area contributed by atoms with Crippen molar-refractivity contribution in [3.8, 4) is 0 Å². The molecule has 2 bridgehead atoms. The number of halogens is 1. The number of anilines is 1. The fraction of sp³-hybridized carbons (Fsp3) is 0.500. The molecule has 3 fully saturated rings. The Morgan fingerprint density at radius 2 is 1.80 bits per heavy atom. The Kier molecular flexibility index (Phi) is 12.6. The van der Waals surface area contributed by atoms with Crippen molar-refractivity contribution in [3.05, 3.63) is 90.5 Å². The lowest BCUT2D eigenvalue weighted by Gasteiger charge is -2.38. The highest BCUT2D eigenvalue weighted by atomic mass is 79.9. The van der Waals surface area contributed by atoms with Crippen molar-refractivity contribution in [1.29, 1.82) is 0 Å². The normalized spacial score (nSPS) is 25.9. The van der Waals surface area contributed by atoms with Crippen molar-refractivity contribution in [2.24, 2.45) is 11.8 Å². The maximum atomic E-state index is 15.0. The van der Waals surface area contributed by atoms with Crippen molar-refractivity contribution in [2.75, 3.05) is 24.6 Å². The molecule has 2 N–H and O–H groups in total. The van der Waals surface area contributed by atoms with E-state index in [0.717, 1.165) is 16.8 Å². The van der Waals surface area contributed by atoms with Crippen molar-refractivity contribution in [1.82, 2.24) is 10.2 Å². The zero-order valence-corrected chi connectivity index (χ0v) is 31.3. The highest BCUT2D eigenvalue weighted by molar-refractivity contribution is 9.09. The van der Waals surface area contributed by atoms with Gasteiger partial charge in [-0.3, -0.25) is 19.2 Å². The van der Waals surface area contributed by atoms with Gasteiger partial charge in [-0.2, -0.15) is 0 Å². The number of unbranched alkanes of at least 4 members (excludes halogenated alkanes) is 2. The van der Waals surface area contributed by atoms with Gasteiger partial charge in [0.2, 0.25) is 11.8 Å². The Morgan fingerprint density at radius 1 is 1.10 bits per heavy atom. The van der Waals surface area contributed by atoms with Gasteiger partial charge in [0.05, 0.1) is 24.0 Å². The second kappa shape index (κ2) is 16.7. The molecule has 8 atom stereocenters. The number of hydrogen-bond acceptors (Lipinski definition) is 7. The van der Waals surface area contributed by atoms with Gasteiger partial charge in [-0.05, 0) is 69.6 Å². The number of hydrogen-bond donors (Lipinski definition) is 2. The Balaban J connectivity index is 1.52. The molecular weight excluding hydrogens is 714 g/mol. The monoisotopic (exact) mass is 763 g/mol. The summed E-state index contributed by atoms with van der Waals surface area (Å²) in [5, 5.41) is 12.4. The average molecular weight is 765 g/mol. The van der Waals surface area contributed by atoms with Crippen molar-refractivity contribution in [3.63, 3.8) is 0 Å². The summed E-state index contributed by atoms with van der Waals surface area (Å²) >= 11 is 3.76. The number of likely N-dealkylation sites (tertiary alicyclic amines) is 1. The number of allylic oxidation sites excluding steroid dienone is 1. The molecule has 11 heteroatoms. The van der Waals surface area contributed by atoms with Crippen LogP contribution >= 0.6 is 15.9 Å². The van der Waals surface area contributed by atoms with Gasteiger partial charge in [0.1, 0.15) is 17.7 Å². The van der Waals surface area contributed by atoms with Gasteiger partial charge in [-0.1, -0.05) is 76.6 Å². The molecule has 2 aromatic carbocycles. The molecule has 3 heterocycles. The van der Waals surface area contributed by atoms with Crippen LogP contribution in [0.5, 0.6) is 0 Å². The number of aliphatic hydroxyl groups is 1. The maximum Gasteiger partial charge on any atom is 0.313 e. The Bertz CT molecular complexity index is 1600. The lowest BCUT2D eigenvalue weighted by atomic mass is 9.70. The van der Waals surface area contributed by atoms with E-state index in [1.165, 1.54) is 0 Å². The second-order valence-corrected chi connectivity index (χ2v) is 15.1. The van der Waals surface area contributed by atoms with Crippen LogP contribution in [-0.4, -0.2) is 82.0 Å². The number of ether oxygens (including phenoxy) is 2. The van der Waals surface area contributed by atoms with Gasteiger partial charge in [0, 0.05) is 36.6 Å². The molecule has 274 valence electrons. The number of para-hydroxylation sites is 1. The fourth-order valence-corrected chi connectivity index (χ4v) is 9.17. The van der Waals surface area contributed by atoms with Crippen molar-refractivity contribution in [2.45, 2.75) is 94.0 Å². The number of benzene rings is 2. The number of nitrogens with one attached hydrogen (secondary N) is 1. The van der Waals surface area contributed by atoms with Crippen molar-refractivity contribution < 1.29 is 33.8 Å². The number of esters is 1. The zero-order chi connectivity index (χ0) is 36.9. The van der Waals surface area contributed by atoms with Gasteiger partial charge >= 0.3 is 5.97 Å². The smallest absolute Gasteiger partial charge is 0.313 e. The van der Waals surface area contributed by atoms with Gasteiger partial charge in [0.25, 0.3) is 5.91 Å². The largest absolute Gasteiger partial charge is 0.455 e. The molecule has 5 rings (SSSR count). The third-order valence-electron chi connectivity index (χ3n) is 10.4. The van der Waals surface area contributed by atoms with E-state index in [0.29, 0.717) is 37.7 Å². The number of alkyl halides is 1. The van der Waals surface area contributed by atoms with E-state index in [2.05, 4.69) is 34.4 Å². The summed E-state index contributed by atoms with van der Waals surface area (Å²) in [6.45, 7) is 13.8. The van der Waals surface area contributed by atoms with Gasteiger partial charge in [0.15, 0.2) is 0 Å². The van der Waals surface area contributed by atoms with E-state index >= 15 is 4.79 Å². The number of aryl methyl sites for hydroxylation is 2. The van der Waals surface area contributed by atoms with Crippen LogP contribution in [0.1, 0.15) is 68.2 Å². The first-order chi connectivity index (χ1) is 24.5. The van der Waals surface area contributed by atoms with Crippen LogP contribution in [0.4, 0.5) is 5.69 Å². The zero-order valence-electron chi connectivity index (χ0n) is 29.8. The second-order valence-electron chi connectivity index (χ2n) is 13.9. The fourth-order valence-electron chi connectivity index (χ4n) is 8.23. The van der Waals surface area contributed by atoms with E-state index in [9.17, 15) is 19.5 Å². The molecule has 1 unspecified atom stereocenters. The average Bonchev–Trinajstić information content (AvgIpc) is 3.70. The third-order valence-corrected chi connectivity index (χ3v) is 11.3. The van der Waals surface area contributed by atoms with E-state index < -0.39 is 47.7 Å². The van der Waals surface area contributed by atoms with Gasteiger partial charge in [-0.25, -0.2) is 0 Å². The minimum atomic E-state index is -1.28. The van der Waals surface area contributed by atoms with Crippen LogP contribution in [0.2, 0.25) is 0 Å². The molecule has 1 spiro atoms. The molecule has 0 radical (unpaired) electrons. The third kappa shape index (κ3) is 7.57. The number of amides is 3. The summed E-state index contributed by atoms with van der Waals surface area (Å²) < 4.78 is 13.1. The van der Waals surface area contributed by atoms with E-state index in [1.807, 2.05) is 62.4 Å². The summed E-state index contributed by atoms with van der Waals surface area (Å²) in [5.74, 6) is -3.36. The summed E-state index contributed by atoms with van der Waals surface area (Å²) in [6, 6.07) is 13.5. The maximum absolute atomic E-state index is 15.0. The van der Waals surface area contributed by atoms with Gasteiger partial charge in [-0.15, -0.1) is 13.2 Å². The molecule has 0 aliphatic carbocycles. The molecule has 0 aromatic heterocycles. The highest BCUT2D eigenvalue weighted by Gasteiger charge is 2.77. The Hall–Kier alpha value is -3.80. The van der Waals surface area contributed by atoms with Crippen LogP contribution in [0, 0.1) is 25.7 Å². The van der Waals surface area contributed by atoms with Crippen molar-refractivity contribution >= 4 is 45.3 Å². The topological polar surface area (TPSA) is 125 Å². The molecule has 0 saturated carbocycles. The number of aliphatic hydroxyl groups excluding tert-OH is 1. The first-order valence-corrected chi connectivity index (χ1v) is 18.8. The Morgan fingerprint density at radius 3 is 2.45 bits per heavy atom. The van der Waals surface area contributed by atoms with Crippen LogP contribution in [-0.2, 0) is 28.7 Å². The van der Waals surface area contributed by atoms with Crippen LogP contribution in [0.25, 0.3) is 0 Å². The summed E-state index contributed by atoms with van der Waals surface area (Å²) in [7, 11) is 0. The molecular formula is C40H50BrN3O7. The predicted octanol–water partition coefficient (Wildman–Crippen LogP) is 5.49. The first-order valence-electron chi connectivity index (χ1n) is 17.9. The summed E-state index contributed by atoms with van der Waals surface area (Å²) in [6.07, 6.45) is 4.71. The first kappa shape index (κ1) is 38.4. The molecule has 3 aliphatic rings. The number of carbonyl (C=O) groups is 4. The lowest BCUT2D eigenvalue weighted by molar-refractivity contribution is -0.162. The molecule has 3 aliphatic heterocycles. The number of carbonyl (C=O) groups excluding carboxylic acids is 4. The van der Waals surface area contributed by atoms with Crippen LogP contribution < -0.4 is 10.2 Å². The quantitative estimate of drug-likeness (QED) is 0.0946. The number of nitrogens with zero attached hydrogens (tertiary/aromatic N) is 2. The molecule has 10 nitrogen and oxygen atoms in total. The lowest BCUT2D eigenvalue weighted by Crippen LogP contribution is -2.57. The van der Waals surface area contributed by atoms with Gasteiger partial charge < -0.3 is 29.7 Å². The van der Waals surface area contributed by atoms with Crippen LogP contribution in [0.15, 0.2) is 73.8 Å². The number of rotatable bonds is 17.